The highest BCUT2D eigenvalue weighted by Crippen LogP contribution is 2.57. The molecule has 12 rings (SSSR count). The zero-order chi connectivity index (χ0) is 45.0. The summed E-state index contributed by atoms with van der Waals surface area (Å²) in [4.78, 5) is 52.9. The first-order chi connectivity index (χ1) is 31.1. The van der Waals surface area contributed by atoms with Crippen molar-refractivity contribution in [3.05, 3.63) is 121 Å². The molecule has 0 radical (unpaired) electrons. The van der Waals surface area contributed by atoms with Crippen LogP contribution in [0.3, 0.4) is 0 Å². The number of halogens is 2. The van der Waals surface area contributed by atoms with Gasteiger partial charge in [-0.2, -0.15) is 10.2 Å². The van der Waals surface area contributed by atoms with E-state index in [1.165, 1.54) is 21.5 Å². The Balaban J connectivity index is 1.01. The smallest absolute Gasteiger partial charge is 0.376 e. The van der Waals surface area contributed by atoms with E-state index in [4.69, 9.17) is 19.3 Å². The molecule has 2 saturated heterocycles. The number of amides is 1. The number of H-pyrrole nitrogens is 1. The van der Waals surface area contributed by atoms with Crippen LogP contribution in [0.2, 0.25) is 0 Å². The molecule has 3 aliphatic heterocycles. The van der Waals surface area contributed by atoms with Crippen LogP contribution in [0, 0.1) is 31.4 Å². The number of imidazole rings is 1. The van der Waals surface area contributed by atoms with Crippen molar-refractivity contribution in [1.29, 1.82) is 0 Å². The van der Waals surface area contributed by atoms with E-state index in [1.54, 1.807) is 72.1 Å². The Morgan fingerprint density at radius 1 is 1.00 bits per heavy atom. The number of carbonyl (C=O) groups excluding carboxylic acids is 1. The fourth-order valence-corrected chi connectivity index (χ4v) is 12.3. The van der Waals surface area contributed by atoms with Crippen LogP contribution in [0.1, 0.15) is 109 Å². The van der Waals surface area contributed by atoms with Crippen LogP contribution in [0.25, 0.3) is 38.4 Å². The maximum atomic E-state index is 16.2. The van der Waals surface area contributed by atoms with E-state index in [9.17, 15) is 9.59 Å². The molecule has 5 atom stereocenters. The number of hydrogen-bond donors (Lipinski definition) is 1. The first-order valence-corrected chi connectivity index (χ1v) is 22.8. The van der Waals surface area contributed by atoms with Crippen LogP contribution in [-0.2, 0) is 23.7 Å². The molecule has 334 valence electrons. The normalized spacial score (nSPS) is 23.5. The minimum absolute atomic E-state index is 0.0192. The van der Waals surface area contributed by atoms with Gasteiger partial charge in [0.2, 0.25) is 0 Å². The molecule has 1 amide bonds. The second-order valence-corrected chi connectivity index (χ2v) is 20.0. The highest BCUT2D eigenvalue weighted by atomic mass is 32.1. The standard InChI is InChI=1S/C46H45F2N11O5S/c1-22-15-27(16-23(2)36(22)47)59-40(56-13-12-55(44(56)62)32-10-9-30-28(37(32)48)21-49-54(30)6)35-29(52-59)17-26-7-8-31(35)57(26)41(60)33-18-34-38(50-39(65-34)25-11-14-63-45(4,5)20-25)58(33)46(19-24(46)3)42-51-43(61)64-53-42/h9-10,12-13,15-16,18,21,24-26,31H,7-8,11,14,17,19-20H2,1-6H3,(H,51,53,61)/t24-,25+,26+,31-,46-/m0/s1. The van der Waals surface area contributed by atoms with Gasteiger partial charge in [-0.1, -0.05) is 12.1 Å². The lowest BCUT2D eigenvalue weighted by Gasteiger charge is -2.35. The molecule has 0 unspecified atom stereocenters. The van der Waals surface area contributed by atoms with Gasteiger partial charge < -0.3 is 14.2 Å². The summed E-state index contributed by atoms with van der Waals surface area (Å²) < 4.78 is 51.2. The van der Waals surface area contributed by atoms with Gasteiger partial charge in [-0.05, 0) is 107 Å². The maximum Gasteiger partial charge on any atom is 0.438 e. The average Bonchev–Trinajstić information content (AvgIpc) is 4.04. The van der Waals surface area contributed by atoms with E-state index < -0.39 is 28.8 Å². The van der Waals surface area contributed by atoms with Gasteiger partial charge in [0.1, 0.15) is 22.9 Å². The Morgan fingerprint density at radius 3 is 2.49 bits per heavy atom. The third-order valence-corrected chi connectivity index (χ3v) is 15.6. The third-order valence-electron chi connectivity index (χ3n) is 14.4. The van der Waals surface area contributed by atoms with Crippen LogP contribution in [0.4, 0.5) is 8.78 Å². The number of benzene rings is 2. The molecule has 4 aliphatic rings. The molecular formula is C46H45F2N11O5S. The summed E-state index contributed by atoms with van der Waals surface area (Å²) in [6.45, 7) is 10.2. The van der Waals surface area contributed by atoms with Gasteiger partial charge >= 0.3 is 11.4 Å². The summed E-state index contributed by atoms with van der Waals surface area (Å²) in [5.74, 6) is -0.963. The summed E-state index contributed by atoms with van der Waals surface area (Å²) >= 11 is 1.58. The summed E-state index contributed by atoms with van der Waals surface area (Å²) in [5, 5.41) is 14.8. The molecule has 19 heteroatoms. The van der Waals surface area contributed by atoms with Gasteiger partial charge in [-0.15, -0.1) is 11.3 Å². The van der Waals surface area contributed by atoms with Crippen molar-refractivity contribution in [3.63, 3.8) is 0 Å². The zero-order valence-electron chi connectivity index (χ0n) is 36.6. The first-order valence-electron chi connectivity index (χ1n) is 22.0. The minimum atomic E-state index is -0.891. The SMILES string of the molecule is Cc1cc(-n2nc3c(c2-n2ccn(-c4ccc5c(cnn5C)c4F)c2=O)[C@@H]2CC[C@H](C3)N2C(=O)c2cc3sc([C@@H]4CCOC(C)(C)C4)nc3n2[C@@]2(c3noc(=O)[nH]3)C[C@@H]2C)cc(C)c1F. The van der Waals surface area contributed by atoms with Crippen molar-refractivity contribution in [1.82, 2.24) is 53.3 Å². The largest absolute Gasteiger partial charge is 0.438 e. The third kappa shape index (κ3) is 5.76. The van der Waals surface area contributed by atoms with Crippen molar-refractivity contribution in [2.45, 2.75) is 102 Å². The van der Waals surface area contributed by atoms with Gasteiger partial charge in [-0.25, -0.2) is 28.0 Å². The lowest BCUT2D eigenvalue weighted by atomic mass is 9.89. The van der Waals surface area contributed by atoms with Gasteiger partial charge in [-0.3, -0.25) is 28.1 Å². The Hall–Kier alpha value is -6.47. The number of nitrogens with zero attached hydrogens (tertiary/aromatic N) is 10. The number of aromatic amines is 1. The number of aryl methyl sites for hydroxylation is 3. The van der Waals surface area contributed by atoms with Crippen molar-refractivity contribution < 1.29 is 22.8 Å². The number of hydrogen-bond acceptors (Lipinski definition) is 10. The van der Waals surface area contributed by atoms with Gasteiger partial charge in [0.15, 0.2) is 17.3 Å². The molecular weight excluding hydrogens is 857 g/mol. The quantitative estimate of drug-likeness (QED) is 0.176. The molecule has 65 heavy (non-hydrogen) atoms. The Labute approximate surface area is 373 Å². The maximum absolute atomic E-state index is 16.2. The second-order valence-electron chi connectivity index (χ2n) is 18.9. The van der Waals surface area contributed by atoms with Crippen LogP contribution in [-0.4, -0.2) is 77.4 Å². The highest BCUT2D eigenvalue weighted by Gasteiger charge is 2.60. The Kier molecular flexibility index (Phi) is 8.49. The summed E-state index contributed by atoms with van der Waals surface area (Å²) in [5.41, 5.74) is 2.70. The topological polar surface area (TPSA) is 169 Å². The van der Waals surface area contributed by atoms with Crippen LogP contribution >= 0.6 is 11.3 Å². The van der Waals surface area contributed by atoms with Crippen LogP contribution in [0.5, 0.6) is 0 Å². The lowest BCUT2D eigenvalue weighted by Crippen LogP contribution is -2.43. The number of thiazole rings is 1. The second kappa shape index (κ2) is 13.8. The lowest BCUT2D eigenvalue weighted by molar-refractivity contribution is -0.0593. The Morgan fingerprint density at radius 2 is 1.77 bits per heavy atom. The van der Waals surface area contributed by atoms with E-state index in [2.05, 4.69) is 36.0 Å². The molecule has 8 aromatic rings. The number of carbonyl (C=O) groups is 1. The Bertz CT molecular complexity index is 3410. The molecule has 9 heterocycles. The minimum Gasteiger partial charge on any atom is -0.376 e. The first kappa shape index (κ1) is 40.1. The van der Waals surface area contributed by atoms with Crippen molar-refractivity contribution >= 4 is 38.5 Å². The van der Waals surface area contributed by atoms with Gasteiger partial charge in [0, 0.05) is 50.0 Å². The molecule has 0 spiro atoms. The van der Waals surface area contributed by atoms with Crippen LogP contribution in [0.15, 0.2) is 63.0 Å². The fourth-order valence-electron chi connectivity index (χ4n) is 11.2. The molecule has 1 N–H and O–H groups in total. The predicted molar refractivity (Wildman–Crippen MR) is 235 cm³/mol. The molecule has 1 aliphatic carbocycles. The van der Waals surface area contributed by atoms with Gasteiger partial charge in [0.25, 0.3) is 5.91 Å². The average molecular weight is 902 g/mol. The number of nitrogens with one attached hydrogen (secondary N) is 1. The molecule has 2 aromatic carbocycles. The van der Waals surface area contributed by atoms with E-state index in [-0.39, 0.29) is 46.3 Å². The summed E-state index contributed by atoms with van der Waals surface area (Å²) in [7, 11) is 1.72. The van der Waals surface area contributed by atoms with E-state index in [1.807, 2.05) is 15.5 Å². The molecule has 1 saturated carbocycles. The van der Waals surface area contributed by atoms with E-state index in [0.29, 0.717) is 88.9 Å². The number of ether oxygens (including phenoxy) is 1. The number of fused-ring (bicyclic) bond motifs is 6. The van der Waals surface area contributed by atoms with Crippen LogP contribution < -0.4 is 11.4 Å². The number of aromatic nitrogens is 10. The van der Waals surface area contributed by atoms with E-state index in [0.717, 1.165) is 22.5 Å². The zero-order valence-corrected chi connectivity index (χ0v) is 37.4. The molecule has 6 aromatic heterocycles. The number of rotatable bonds is 7. The molecule has 2 bridgehead atoms. The highest BCUT2D eigenvalue weighted by molar-refractivity contribution is 7.18. The summed E-state index contributed by atoms with van der Waals surface area (Å²) in [6, 6.07) is 7.83. The fraction of sp³-hybridized carbons (Fsp3) is 0.413. The monoisotopic (exact) mass is 901 g/mol. The molecule has 16 nitrogen and oxygen atoms in total. The van der Waals surface area contributed by atoms with E-state index >= 15 is 13.6 Å². The predicted octanol–water partition coefficient (Wildman–Crippen LogP) is 7.04. The van der Waals surface area contributed by atoms with Gasteiger partial charge in [0.05, 0.1) is 55.5 Å². The summed E-state index contributed by atoms with van der Waals surface area (Å²) in [6.07, 6.45) is 8.42. The van der Waals surface area contributed by atoms with Crippen molar-refractivity contribution in [2.24, 2.45) is 13.0 Å². The van der Waals surface area contributed by atoms with Crippen molar-refractivity contribution in [3.8, 4) is 17.2 Å². The van der Waals surface area contributed by atoms with Crippen molar-refractivity contribution in [2.75, 3.05) is 6.61 Å². The molecule has 3 fully saturated rings.